The Hall–Kier alpha value is -1.59. The standard InChI is InChI=1S/C43H68O22/c1-15-9-43(10-17-8-20-18(25(15)19(17)7-16(43)2)5-4-6-42(20,3)41(57)64-39-34(56)31(53)28(50)23(12-45)60-39)65-40-36(63-37-32(54)26(48)21(47)14-58-37)35(29(51)24(13-46)61-40)62-38-33(55)30(52)27(49)22(11-44)59-38/h15,17-40,44-56H,2,4-14H2,1,3H3/t15-,17?,18?,19?,20?,21+,22+,23+,24+,25?,26-,27+,28+,29+,30-,31-,32+,33+,34+,35-,36+,37-,38-,39-,40-,42+,43-/m0/s1. The summed E-state index contributed by atoms with van der Waals surface area (Å²) in [7, 11) is 0. The van der Waals surface area contributed by atoms with E-state index in [1.807, 2.05) is 6.92 Å². The summed E-state index contributed by atoms with van der Waals surface area (Å²) in [5.41, 5.74) is -1.49. The summed E-state index contributed by atoms with van der Waals surface area (Å²) in [5, 5.41) is 137. The van der Waals surface area contributed by atoms with E-state index in [9.17, 15) is 71.2 Å². The van der Waals surface area contributed by atoms with E-state index in [1.54, 1.807) is 0 Å². The second-order valence-electron chi connectivity index (χ2n) is 20.1. The lowest BCUT2D eigenvalue weighted by molar-refractivity contribution is -0.395. The maximum Gasteiger partial charge on any atom is 0.314 e. The van der Waals surface area contributed by atoms with Gasteiger partial charge in [0.25, 0.3) is 0 Å². The Balaban J connectivity index is 1.09. The van der Waals surface area contributed by atoms with Crippen LogP contribution >= 0.6 is 0 Å². The fourth-order valence-corrected chi connectivity index (χ4v) is 12.8. The minimum Gasteiger partial charge on any atom is -0.432 e. The van der Waals surface area contributed by atoms with Crippen LogP contribution in [0.4, 0.5) is 0 Å². The molecule has 372 valence electrons. The van der Waals surface area contributed by atoms with Gasteiger partial charge in [-0.1, -0.05) is 19.9 Å². The van der Waals surface area contributed by atoms with Gasteiger partial charge >= 0.3 is 5.97 Å². The van der Waals surface area contributed by atoms with Crippen LogP contribution in [0.5, 0.6) is 0 Å². The van der Waals surface area contributed by atoms with Crippen LogP contribution in [0, 0.1) is 40.9 Å². The molecule has 13 N–H and O–H groups in total. The minimum atomic E-state index is -1.93. The first kappa shape index (κ1) is 49.8. The SMILES string of the molecule is C=C1CC2C3CC4C(CCC[C@@]4(C)C(=O)O[C@@H]4O[C@H](CO)[C@@H](O)[C@H](O)[C@H]4O)C2[C@@H](C)C[C@]1(O[C@@H]1O[C@H](CO)[C@@H](O)[C@H](O[C@@H]2O[C@H](CO)[C@@H](O)[C@H](O)[C@H]2O)[C@H]1O[C@@H]1OC[C@@H](O)[C@H](O)[C@H]1O)C3. The molecule has 5 unspecified atom stereocenters. The number of ether oxygens (including phenoxy) is 8. The lowest BCUT2D eigenvalue weighted by Gasteiger charge is -2.57. The van der Waals surface area contributed by atoms with Crippen molar-refractivity contribution in [1.82, 2.24) is 0 Å². The number of aliphatic hydroxyl groups is 13. The molecule has 0 aromatic rings. The van der Waals surface area contributed by atoms with Crippen LogP contribution in [0.2, 0.25) is 0 Å². The highest BCUT2D eigenvalue weighted by atomic mass is 16.8. The van der Waals surface area contributed by atoms with Crippen molar-refractivity contribution in [3.05, 3.63) is 12.2 Å². The largest absolute Gasteiger partial charge is 0.432 e. The number of esters is 1. The van der Waals surface area contributed by atoms with Crippen LogP contribution in [0.25, 0.3) is 0 Å². The van der Waals surface area contributed by atoms with Crippen molar-refractivity contribution in [3.63, 3.8) is 0 Å². The van der Waals surface area contributed by atoms with Crippen molar-refractivity contribution in [3.8, 4) is 0 Å². The van der Waals surface area contributed by atoms with Crippen molar-refractivity contribution in [1.29, 1.82) is 0 Å². The summed E-state index contributed by atoms with van der Waals surface area (Å²) in [6.45, 7) is 5.74. The Morgan fingerprint density at radius 1 is 0.692 bits per heavy atom. The van der Waals surface area contributed by atoms with Gasteiger partial charge in [0.15, 0.2) is 18.9 Å². The van der Waals surface area contributed by atoms with Crippen molar-refractivity contribution in [2.75, 3.05) is 26.4 Å². The molecule has 27 atom stereocenters. The molecule has 9 aliphatic rings. The molecule has 4 bridgehead atoms. The Labute approximate surface area is 375 Å². The van der Waals surface area contributed by atoms with E-state index in [0.29, 0.717) is 38.5 Å². The predicted molar refractivity (Wildman–Crippen MR) is 213 cm³/mol. The van der Waals surface area contributed by atoms with E-state index >= 15 is 0 Å². The Kier molecular flexibility index (Phi) is 14.8. The number of hydrogen-bond donors (Lipinski definition) is 13. The van der Waals surface area contributed by atoms with Crippen molar-refractivity contribution >= 4 is 5.97 Å². The Morgan fingerprint density at radius 3 is 1.91 bits per heavy atom. The minimum absolute atomic E-state index is 0.0491. The molecule has 0 amide bonds. The maximum atomic E-state index is 14.3. The molecule has 22 nitrogen and oxygen atoms in total. The van der Waals surface area contributed by atoms with E-state index in [1.165, 1.54) is 0 Å². The van der Waals surface area contributed by atoms with Crippen molar-refractivity contribution < 1.29 is 109 Å². The molecule has 0 spiro atoms. The zero-order valence-corrected chi connectivity index (χ0v) is 36.4. The highest BCUT2D eigenvalue weighted by Gasteiger charge is 2.64. The molecule has 4 heterocycles. The summed E-state index contributed by atoms with van der Waals surface area (Å²) in [4.78, 5) is 14.3. The van der Waals surface area contributed by atoms with Gasteiger partial charge in [-0.15, -0.1) is 0 Å². The van der Waals surface area contributed by atoms with E-state index < -0.39 is 160 Å². The lowest BCUT2D eigenvalue weighted by Crippen LogP contribution is -2.67. The first-order chi connectivity index (χ1) is 30.8. The van der Waals surface area contributed by atoms with Gasteiger partial charge in [0.05, 0.1) is 37.4 Å². The molecule has 4 saturated heterocycles. The fraction of sp³-hybridized carbons (Fsp3) is 0.930. The lowest BCUT2D eigenvalue weighted by atomic mass is 9.48. The first-order valence-electron chi connectivity index (χ1n) is 22.9. The van der Waals surface area contributed by atoms with Gasteiger partial charge in [0.1, 0.15) is 91.6 Å². The Bertz CT molecular complexity index is 1670. The number of fused-ring (bicyclic) bond motifs is 3. The van der Waals surface area contributed by atoms with Crippen LogP contribution in [-0.2, 0) is 42.7 Å². The third kappa shape index (κ3) is 8.74. The second-order valence-corrected chi connectivity index (χ2v) is 20.1. The van der Waals surface area contributed by atoms with Gasteiger partial charge in [-0.25, -0.2) is 0 Å². The number of carbonyl (C=O) groups excluding carboxylic acids is 1. The smallest absolute Gasteiger partial charge is 0.314 e. The van der Waals surface area contributed by atoms with Crippen LogP contribution in [0.1, 0.15) is 58.8 Å². The fourth-order valence-electron chi connectivity index (χ4n) is 12.8. The van der Waals surface area contributed by atoms with Gasteiger partial charge < -0.3 is 104 Å². The van der Waals surface area contributed by atoms with Crippen molar-refractivity contribution in [2.24, 2.45) is 40.9 Å². The highest BCUT2D eigenvalue weighted by Crippen LogP contribution is 2.66. The molecule has 0 aromatic heterocycles. The normalized spacial score (nSPS) is 54.7. The molecule has 0 radical (unpaired) electrons. The van der Waals surface area contributed by atoms with E-state index in [2.05, 4.69) is 13.5 Å². The molecule has 4 aliphatic heterocycles. The quantitative estimate of drug-likeness (QED) is 0.0525. The zero-order valence-electron chi connectivity index (χ0n) is 36.4. The second kappa shape index (κ2) is 19.3. The van der Waals surface area contributed by atoms with E-state index in [0.717, 1.165) is 12.0 Å². The third-order valence-electron chi connectivity index (χ3n) is 16.3. The van der Waals surface area contributed by atoms with Crippen LogP contribution in [0.15, 0.2) is 12.2 Å². The summed E-state index contributed by atoms with van der Waals surface area (Å²) in [6.07, 6.45) is -27.7. The molecule has 9 fully saturated rings. The third-order valence-corrected chi connectivity index (χ3v) is 16.3. The first-order valence-corrected chi connectivity index (χ1v) is 22.9. The van der Waals surface area contributed by atoms with Gasteiger partial charge in [0, 0.05) is 0 Å². The maximum absolute atomic E-state index is 14.3. The van der Waals surface area contributed by atoms with E-state index in [4.69, 9.17) is 37.9 Å². The van der Waals surface area contributed by atoms with Crippen LogP contribution < -0.4 is 0 Å². The summed E-state index contributed by atoms with van der Waals surface area (Å²) in [5.74, 6) is -0.675. The summed E-state index contributed by atoms with van der Waals surface area (Å²) < 4.78 is 48.3. The molecule has 5 saturated carbocycles. The highest BCUT2D eigenvalue weighted by molar-refractivity contribution is 5.77. The predicted octanol–water partition coefficient (Wildman–Crippen LogP) is -4.76. The number of rotatable bonds is 11. The molecule has 9 rings (SSSR count). The van der Waals surface area contributed by atoms with E-state index in [-0.39, 0.29) is 35.5 Å². The van der Waals surface area contributed by atoms with Gasteiger partial charge in [-0.2, -0.15) is 0 Å². The van der Waals surface area contributed by atoms with Gasteiger partial charge in [-0.05, 0) is 86.5 Å². The number of carbonyl (C=O) groups is 1. The van der Waals surface area contributed by atoms with Gasteiger partial charge in [0.2, 0.25) is 6.29 Å². The van der Waals surface area contributed by atoms with Gasteiger partial charge in [-0.3, -0.25) is 4.79 Å². The van der Waals surface area contributed by atoms with Crippen LogP contribution in [0.3, 0.4) is 0 Å². The monoisotopic (exact) mass is 936 g/mol. The number of aliphatic hydroxyl groups excluding tert-OH is 13. The summed E-state index contributed by atoms with van der Waals surface area (Å²) >= 11 is 0. The molecule has 22 heteroatoms. The summed E-state index contributed by atoms with van der Waals surface area (Å²) in [6, 6.07) is 0. The molecular weight excluding hydrogens is 868 g/mol. The topological polar surface area (TPSA) is 354 Å². The molecule has 5 aliphatic carbocycles. The number of hydrogen-bond acceptors (Lipinski definition) is 22. The molecule has 65 heavy (non-hydrogen) atoms. The average molecular weight is 937 g/mol. The van der Waals surface area contributed by atoms with Crippen LogP contribution in [-0.4, -0.2) is 221 Å². The average Bonchev–Trinajstić information content (AvgIpc) is 3.43. The van der Waals surface area contributed by atoms with Crippen molar-refractivity contribution in [2.45, 2.75) is 181 Å². The Morgan fingerprint density at radius 2 is 1.26 bits per heavy atom. The zero-order chi connectivity index (χ0) is 47.0. The molecule has 0 aromatic carbocycles. The molecular formula is C43H68O22.